The summed E-state index contributed by atoms with van der Waals surface area (Å²) in [5, 5.41) is 11.5. The predicted octanol–water partition coefficient (Wildman–Crippen LogP) is 4.78. The molecule has 1 atom stereocenters. The molecule has 2 aliphatic heterocycles. The third-order valence-electron chi connectivity index (χ3n) is 9.41. The van der Waals surface area contributed by atoms with Gasteiger partial charge in [0.15, 0.2) is 5.69 Å². The number of amides is 3. The average Bonchev–Trinajstić information content (AvgIpc) is 3.60. The molecule has 42 heavy (non-hydrogen) atoms. The van der Waals surface area contributed by atoms with Gasteiger partial charge in [0.25, 0.3) is 5.91 Å². The highest BCUT2D eigenvalue weighted by Crippen LogP contribution is 2.44. The summed E-state index contributed by atoms with van der Waals surface area (Å²) in [7, 11) is 0. The van der Waals surface area contributed by atoms with Crippen molar-refractivity contribution in [3.05, 3.63) is 90.1 Å². The van der Waals surface area contributed by atoms with Crippen molar-refractivity contribution in [1.29, 1.82) is 0 Å². The fourth-order valence-electron chi connectivity index (χ4n) is 6.96. The first-order chi connectivity index (χ1) is 20.5. The third-order valence-corrected chi connectivity index (χ3v) is 9.41. The molecule has 214 valence electrons. The molecule has 8 heteroatoms. The Hall–Kier alpha value is -4.46. The molecule has 1 spiro atoms. The summed E-state index contributed by atoms with van der Waals surface area (Å²) < 4.78 is 0. The Balaban J connectivity index is 0.904. The van der Waals surface area contributed by atoms with E-state index in [1.165, 1.54) is 0 Å². The standard InChI is InChI=1S/C34H35N5O3/c40-30-18-26(20-38(30)19-23-7-3-1-4-8-23)32(41)35-27-13-15-34(16-14-27)21-39(22-34)33(42)31-28-12-11-25(17-29(28)36-37-31)24-9-5-2-6-10-24/h1-12,17,26-27H,13-16,18-22H2,(H,35,41)(H,36,37)/t26-/m1/s1. The lowest BCUT2D eigenvalue weighted by Crippen LogP contribution is -2.60. The van der Waals surface area contributed by atoms with Gasteiger partial charge in [-0.2, -0.15) is 5.10 Å². The molecule has 1 saturated carbocycles. The smallest absolute Gasteiger partial charge is 0.275 e. The SMILES string of the molecule is O=C(NC1CCC2(CC1)CN(C(=O)c1n[nH]c3cc(-c4ccccc4)ccc13)C2)[C@@H]1CC(=O)N(Cc2ccccc2)C1. The van der Waals surface area contributed by atoms with Crippen molar-refractivity contribution in [3.8, 4) is 11.1 Å². The van der Waals surface area contributed by atoms with Crippen LogP contribution in [0.15, 0.2) is 78.9 Å². The van der Waals surface area contributed by atoms with Crippen LogP contribution in [0.3, 0.4) is 0 Å². The van der Waals surface area contributed by atoms with Crippen LogP contribution in [-0.2, 0) is 16.1 Å². The van der Waals surface area contributed by atoms with Crippen molar-refractivity contribution in [2.24, 2.45) is 11.3 Å². The van der Waals surface area contributed by atoms with Crippen molar-refractivity contribution < 1.29 is 14.4 Å². The average molecular weight is 562 g/mol. The molecule has 3 aliphatic rings. The van der Waals surface area contributed by atoms with Gasteiger partial charge >= 0.3 is 0 Å². The van der Waals surface area contributed by atoms with Crippen LogP contribution < -0.4 is 5.32 Å². The summed E-state index contributed by atoms with van der Waals surface area (Å²) in [5.41, 5.74) is 4.75. The Morgan fingerprint density at radius 2 is 1.64 bits per heavy atom. The van der Waals surface area contributed by atoms with Crippen LogP contribution >= 0.6 is 0 Å². The number of fused-ring (bicyclic) bond motifs is 1. The number of nitrogens with one attached hydrogen (secondary N) is 2. The van der Waals surface area contributed by atoms with Gasteiger partial charge in [0.2, 0.25) is 11.8 Å². The van der Waals surface area contributed by atoms with Crippen LogP contribution in [0.5, 0.6) is 0 Å². The quantitative estimate of drug-likeness (QED) is 0.354. The molecule has 0 radical (unpaired) electrons. The number of aromatic amines is 1. The molecule has 3 fully saturated rings. The van der Waals surface area contributed by atoms with E-state index < -0.39 is 0 Å². The van der Waals surface area contributed by atoms with Gasteiger partial charge in [-0.05, 0) is 54.5 Å². The Bertz CT molecular complexity index is 1620. The largest absolute Gasteiger partial charge is 0.353 e. The zero-order valence-corrected chi connectivity index (χ0v) is 23.6. The zero-order chi connectivity index (χ0) is 28.7. The summed E-state index contributed by atoms with van der Waals surface area (Å²) >= 11 is 0. The summed E-state index contributed by atoms with van der Waals surface area (Å²) in [6.07, 6.45) is 4.04. The van der Waals surface area contributed by atoms with E-state index in [1.807, 2.05) is 71.6 Å². The van der Waals surface area contributed by atoms with E-state index in [-0.39, 0.29) is 41.5 Å². The van der Waals surface area contributed by atoms with Gasteiger partial charge in [0.05, 0.1) is 11.4 Å². The zero-order valence-electron chi connectivity index (χ0n) is 23.6. The van der Waals surface area contributed by atoms with Crippen LogP contribution in [0.25, 0.3) is 22.0 Å². The van der Waals surface area contributed by atoms with Crippen molar-refractivity contribution in [2.75, 3.05) is 19.6 Å². The number of nitrogens with zero attached hydrogens (tertiary/aromatic N) is 3. The number of carbonyl (C=O) groups is 3. The molecule has 1 aliphatic carbocycles. The minimum absolute atomic E-state index is 0.00823. The van der Waals surface area contributed by atoms with Crippen molar-refractivity contribution in [2.45, 2.75) is 44.7 Å². The number of carbonyl (C=O) groups excluding carboxylic acids is 3. The molecular weight excluding hydrogens is 526 g/mol. The van der Waals surface area contributed by atoms with Crippen LogP contribution in [0.4, 0.5) is 0 Å². The molecule has 1 aromatic heterocycles. The molecule has 3 heterocycles. The lowest BCUT2D eigenvalue weighted by molar-refractivity contribution is -0.129. The first kappa shape index (κ1) is 26.4. The maximum absolute atomic E-state index is 13.4. The maximum Gasteiger partial charge on any atom is 0.275 e. The fourth-order valence-corrected chi connectivity index (χ4v) is 6.96. The van der Waals surface area contributed by atoms with Gasteiger partial charge in [-0.1, -0.05) is 66.7 Å². The van der Waals surface area contributed by atoms with E-state index in [2.05, 4.69) is 27.6 Å². The van der Waals surface area contributed by atoms with Crippen LogP contribution in [-0.4, -0.2) is 63.4 Å². The second-order valence-electron chi connectivity index (χ2n) is 12.3. The first-order valence-corrected chi connectivity index (χ1v) is 14.9. The van der Waals surface area contributed by atoms with Gasteiger partial charge in [-0.15, -0.1) is 0 Å². The summed E-state index contributed by atoms with van der Waals surface area (Å²) in [6, 6.07) is 26.3. The van der Waals surface area contributed by atoms with Gasteiger partial charge < -0.3 is 15.1 Å². The van der Waals surface area contributed by atoms with Crippen molar-refractivity contribution >= 4 is 28.6 Å². The number of rotatable bonds is 6. The molecule has 2 N–H and O–H groups in total. The molecule has 7 rings (SSSR count). The van der Waals surface area contributed by atoms with E-state index in [0.29, 0.717) is 18.8 Å². The number of H-pyrrole nitrogens is 1. The van der Waals surface area contributed by atoms with Gasteiger partial charge in [-0.3, -0.25) is 19.5 Å². The molecule has 8 nitrogen and oxygen atoms in total. The molecule has 3 amide bonds. The number of hydrogen-bond acceptors (Lipinski definition) is 4. The number of likely N-dealkylation sites (tertiary alicyclic amines) is 2. The van der Waals surface area contributed by atoms with E-state index in [0.717, 1.165) is 66.4 Å². The summed E-state index contributed by atoms with van der Waals surface area (Å²) in [6.45, 7) is 2.49. The van der Waals surface area contributed by atoms with Gasteiger partial charge in [-0.25, -0.2) is 0 Å². The minimum Gasteiger partial charge on any atom is -0.353 e. The third kappa shape index (κ3) is 5.06. The summed E-state index contributed by atoms with van der Waals surface area (Å²) in [5.74, 6) is -0.282. The molecule has 4 aromatic rings. The molecule has 0 unspecified atom stereocenters. The number of aromatic nitrogens is 2. The minimum atomic E-state index is -0.290. The second kappa shape index (κ2) is 10.7. The van der Waals surface area contributed by atoms with Crippen LogP contribution in [0.1, 0.15) is 48.2 Å². The van der Waals surface area contributed by atoms with E-state index >= 15 is 0 Å². The highest BCUT2D eigenvalue weighted by molar-refractivity contribution is 6.05. The Labute approximate surface area is 245 Å². The van der Waals surface area contributed by atoms with Gasteiger partial charge in [0, 0.05) is 49.4 Å². The lowest BCUT2D eigenvalue weighted by Gasteiger charge is -2.53. The van der Waals surface area contributed by atoms with Crippen molar-refractivity contribution in [1.82, 2.24) is 25.3 Å². The monoisotopic (exact) mass is 561 g/mol. The number of benzene rings is 3. The van der Waals surface area contributed by atoms with Crippen molar-refractivity contribution in [3.63, 3.8) is 0 Å². The second-order valence-corrected chi connectivity index (χ2v) is 12.3. The van der Waals surface area contributed by atoms with Gasteiger partial charge in [0.1, 0.15) is 0 Å². The van der Waals surface area contributed by atoms with E-state index in [9.17, 15) is 14.4 Å². The molecular formula is C34H35N5O3. The van der Waals surface area contributed by atoms with Crippen LogP contribution in [0.2, 0.25) is 0 Å². The maximum atomic E-state index is 13.4. The fraction of sp³-hybridized carbons (Fsp3) is 0.353. The lowest BCUT2D eigenvalue weighted by atomic mass is 9.67. The van der Waals surface area contributed by atoms with E-state index in [1.54, 1.807) is 4.90 Å². The topological polar surface area (TPSA) is 98.4 Å². The summed E-state index contributed by atoms with van der Waals surface area (Å²) in [4.78, 5) is 42.6. The Kier molecular flexibility index (Phi) is 6.76. The highest BCUT2D eigenvalue weighted by Gasteiger charge is 2.48. The molecule has 3 aromatic carbocycles. The molecule has 0 bridgehead atoms. The van der Waals surface area contributed by atoms with Crippen LogP contribution in [0, 0.1) is 11.3 Å². The Morgan fingerprint density at radius 1 is 0.929 bits per heavy atom. The first-order valence-electron chi connectivity index (χ1n) is 14.9. The highest BCUT2D eigenvalue weighted by atomic mass is 16.2. The normalized spacial score (nSPS) is 20.2. The molecule has 2 saturated heterocycles. The Morgan fingerprint density at radius 3 is 2.38 bits per heavy atom. The predicted molar refractivity (Wildman–Crippen MR) is 160 cm³/mol. The van der Waals surface area contributed by atoms with E-state index in [4.69, 9.17) is 0 Å². The number of hydrogen-bond donors (Lipinski definition) is 2.